The number of amides is 1. The Hall–Kier alpha value is -3.22. The lowest BCUT2D eigenvalue weighted by Gasteiger charge is -2.34. The highest BCUT2D eigenvalue weighted by molar-refractivity contribution is 6.34. The minimum absolute atomic E-state index is 0.0281. The van der Waals surface area contributed by atoms with Crippen molar-refractivity contribution in [3.05, 3.63) is 94.5 Å². The van der Waals surface area contributed by atoms with Gasteiger partial charge in [0.2, 0.25) is 0 Å². The van der Waals surface area contributed by atoms with E-state index >= 15 is 0 Å². The molecule has 0 aliphatic heterocycles. The maximum Gasteiger partial charge on any atom is 0.254 e. The van der Waals surface area contributed by atoms with Crippen LogP contribution in [0.4, 0.5) is 0 Å². The average molecular weight is 490 g/mol. The van der Waals surface area contributed by atoms with E-state index in [-0.39, 0.29) is 17.9 Å². The first-order valence-corrected chi connectivity index (χ1v) is 12.4. The summed E-state index contributed by atoms with van der Waals surface area (Å²) in [6.45, 7) is 7.89. The van der Waals surface area contributed by atoms with Crippen molar-refractivity contribution in [2.24, 2.45) is 11.7 Å². The fourth-order valence-electron chi connectivity index (χ4n) is 4.47. The maximum atomic E-state index is 13.8. The Bertz CT molecular complexity index is 1280. The molecule has 0 saturated heterocycles. The summed E-state index contributed by atoms with van der Waals surface area (Å²) in [5, 5.41) is 0.497. The molecule has 1 atom stereocenters. The second-order valence-corrected chi connectivity index (χ2v) is 9.63. The zero-order valence-corrected chi connectivity index (χ0v) is 21.2. The number of imidazole rings is 1. The molecule has 1 amide bonds. The predicted octanol–water partition coefficient (Wildman–Crippen LogP) is 5.63. The molecule has 2 aromatic heterocycles. The Kier molecular flexibility index (Phi) is 7.83. The number of halogens is 1. The van der Waals surface area contributed by atoms with Crippen molar-refractivity contribution in [1.29, 1.82) is 0 Å². The molecule has 2 aromatic carbocycles. The van der Waals surface area contributed by atoms with E-state index in [9.17, 15) is 4.79 Å². The lowest BCUT2D eigenvalue weighted by atomic mass is 9.99. The summed E-state index contributed by atoms with van der Waals surface area (Å²) in [5.74, 6) is 0.867. The quantitative estimate of drug-likeness (QED) is 0.330. The van der Waals surface area contributed by atoms with Gasteiger partial charge >= 0.3 is 0 Å². The molecule has 4 aromatic rings. The van der Waals surface area contributed by atoms with Crippen molar-refractivity contribution in [3.8, 4) is 0 Å². The van der Waals surface area contributed by atoms with Crippen LogP contribution in [0.5, 0.6) is 0 Å². The minimum atomic E-state index is -0.275. The molecule has 2 heterocycles. The smallest absolute Gasteiger partial charge is 0.254 e. The molecule has 0 saturated carbocycles. The standard InChI is InChI=1S/C28H32ClN5O/c1-19(2)26(33(15-7-14-30)28(35)22-12-10-20(3)11-13-22)27-32-25-23(29)16-31-17-24(25)34(27)18-21-8-5-4-6-9-21/h4-6,8-13,16-17,19,26H,7,14-15,18,30H2,1-3H3. The third-order valence-corrected chi connectivity index (χ3v) is 6.50. The highest BCUT2D eigenvalue weighted by Crippen LogP contribution is 2.34. The molecule has 4 rings (SSSR count). The number of benzene rings is 2. The van der Waals surface area contributed by atoms with E-state index in [0.29, 0.717) is 42.2 Å². The largest absolute Gasteiger partial charge is 0.330 e. The third-order valence-electron chi connectivity index (χ3n) is 6.23. The van der Waals surface area contributed by atoms with Gasteiger partial charge < -0.3 is 15.2 Å². The number of pyridine rings is 1. The second-order valence-electron chi connectivity index (χ2n) is 9.23. The van der Waals surface area contributed by atoms with Crippen molar-refractivity contribution < 1.29 is 4.79 Å². The number of carbonyl (C=O) groups excluding carboxylic acids is 1. The maximum absolute atomic E-state index is 13.8. The first kappa shape index (κ1) is 24.9. The van der Waals surface area contributed by atoms with Gasteiger partial charge in [0.25, 0.3) is 5.91 Å². The Morgan fingerprint density at radius 3 is 2.46 bits per heavy atom. The molecule has 0 aliphatic rings. The monoisotopic (exact) mass is 489 g/mol. The van der Waals surface area contributed by atoms with E-state index in [4.69, 9.17) is 22.3 Å². The van der Waals surface area contributed by atoms with Crippen molar-refractivity contribution in [3.63, 3.8) is 0 Å². The van der Waals surface area contributed by atoms with E-state index in [2.05, 4.69) is 35.5 Å². The van der Waals surface area contributed by atoms with Crippen LogP contribution in [0, 0.1) is 12.8 Å². The minimum Gasteiger partial charge on any atom is -0.330 e. The van der Waals surface area contributed by atoms with Crippen LogP contribution in [-0.2, 0) is 6.54 Å². The molecule has 182 valence electrons. The first-order valence-electron chi connectivity index (χ1n) is 12.0. The summed E-state index contributed by atoms with van der Waals surface area (Å²) in [6, 6.07) is 17.6. The predicted molar refractivity (Wildman–Crippen MR) is 142 cm³/mol. The summed E-state index contributed by atoms with van der Waals surface area (Å²) in [5.41, 5.74) is 10.3. The highest BCUT2D eigenvalue weighted by Gasteiger charge is 2.33. The zero-order valence-electron chi connectivity index (χ0n) is 20.5. The van der Waals surface area contributed by atoms with Crippen LogP contribution in [0.3, 0.4) is 0 Å². The molecule has 0 radical (unpaired) electrons. The highest BCUT2D eigenvalue weighted by atomic mass is 35.5. The number of nitrogens with two attached hydrogens (primary N) is 1. The number of rotatable bonds is 9. The topological polar surface area (TPSA) is 77.0 Å². The summed E-state index contributed by atoms with van der Waals surface area (Å²) < 4.78 is 2.14. The molecule has 0 fully saturated rings. The Balaban J connectivity index is 1.87. The summed E-state index contributed by atoms with van der Waals surface area (Å²) in [6.07, 6.45) is 4.10. The van der Waals surface area contributed by atoms with Gasteiger partial charge in [-0.2, -0.15) is 0 Å². The van der Waals surface area contributed by atoms with Gasteiger partial charge in [0.05, 0.1) is 22.8 Å². The van der Waals surface area contributed by atoms with Gasteiger partial charge in [0.1, 0.15) is 11.3 Å². The van der Waals surface area contributed by atoms with Crippen LogP contribution in [-0.4, -0.2) is 38.4 Å². The number of aromatic nitrogens is 3. The molecule has 35 heavy (non-hydrogen) atoms. The molecule has 0 aliphatic carbocycles. The van der Waals surface area contributed by atoms with E-state index in [1.807, 2.05) is 54.3 Å². The molecular formula is C28H32ClN5O. The van der Waals surface area contributed by atoms with Gasteiger partial charge in [0, 0.05) is 24.8 Å². The van der Waals surface area contributed by atoms with E-state index < -0.39 is 0 Å². The van der Waals surface area contributed by atoms with Gasteiger partial charge in [0.15, 0.2) is 0 Å². The van der Waals surface area contributed by atoms with Crippen LogP contribution in [0.1, 0.15) is 53.6 Å². The normalized spacial score (nSPS) is 12.3. The van der Waals surface area contributed by atoms with Crippen molar-refractivity contribution in [1.82, 2.24) is 19.4 Å². The van der Waals surface area contributed by atoms with Crippen LogP contribution in [0.25, 0.3) is 11.0 Å². The van der Waals surface area contributed by atoms with Gasteiger partial charge in [-0.05, 0) is 43.5 Å². The molecular weight excluding hydrogens is 458 g/mol. The zero-order chi connectivity index (χ0) is 24.9. The number of nitrogens with zero attached hydrogens (tertiary/aromatic N) is 4. The van der Waals surface area contributed by atoms with Crippen LogP contribution in [0.2, 0.25) is 5.02 Å². The van der Waals surface area contributed by atoms with Crippen molar-refractivity contribution in [2.45, 2.75) is 39.8 Å². The molecule has 1 unspecified atom stereocenters. The first-order chi connectivity index (χ1) is 16.9. The Morgan fingerprint density at radius 2 is 1.80 bits per heavy atom. The van der Waals surface area contributed by atoms with E-state index in [1.165, 1.54) is 0 Å². The fourth-order valence-corrected chi connectivity index (χ4v) is 4.67. The molecule has 2 N–H and O–H groups in total. The van der Waals surface area contributed by atoms with E-state index in [0.717, 1.165) is 22.5 Å². The fraction of sp³-hybridized carbons (Fsp3) is 0.321. The van der Waals surface area contributed by atoms with Crippen molar-refractivity contribution in [2.75, 3.05) is 13.1 Å². The Labute approximate surface area is 211 Å². The number of hydrogen-bond acceptors (Lipinski definition) is 4. The molecule has 0 bridgehead atoms. The van der Waals surface area contributed by atoms with Gasteiger partial charge in [-0.1, -0.05) is 73.5 Å². The SMILES string of the molecule is Cc1ccc(C(=O)N(CCCN)C(c2nc3c(Cl)cncc3n2Cc2ccccc2)C(C)C)cc1. The number of aryl methyl sites for hydroxylation is 1. The van der Waals surface area contributed by atoms with Crippen LogP contribution < -0.4 is 5.73 Å². The lowest BCUT2D eigenvalue weighted by molar-refractivity contribution is 0.0605. The second kappa shape index (κ2) is 11.0. The third kappa shape index (κ3) is 5.39. The summed E-state index contributed by atoms with van der Waals surface area (Å²) in [4.78, 5) is 25.1. The number of fused-ring (bicyclic) bond motifs is 1. The summed E-state index contributed by atoms with van der Waals surface area (Å²) in [7, 11) is 0. The van der Waals surface area contributed by atoms with Crippen LogP contribution in [0.15, 0.2) is 67.0 Å². The number of hydrogen-bond donors (Lipinski definition) is 1. The average Bonchev–Trinajstić information content (AvgIpc) is 3.21. The van der Waals surface area contributed by atoms with Crippen molar-refractivity contribution >= 4 is 28.5 Å². The van der Waals surface area contributed by atoms with Gasteiger partial charge in [-0.3, -0.25) is 9.78 Å². The molecule has 6 nitrogen and oxygen atoms in total. The molecule has 7 heteroatoms. The Morgan fingerprint density at radius 1 is 1.09 bits per heavy atom. The van der Waals surface area contributed by atoms with Gasteiger partial charge in [-0.15, -0.1) is 0 Å². The van der Waals surface area contributed by atoms with E-state index in [1.54, 1.807) is 12.4 Å². The summed E-state index contributed by atoms with van der Waals surface area (Å²) >= 11 is 6.53. The van der Waals surface area contributed by atoms with Crippen LogP contribution >= 0.6 is 11.6 Å². The van der Waals surface area contributed by atoms with Gasteiger partial charge in [-0.25, -0.2) is 4.98 Å². The molecule has 0 spiro atoms. The lowest BCUT2D eigenvalue weighted by Crippen LogP contribution is -2.40. The number of carbonyl (C=O) groups is 1.